The minimum absolute atomic E-state index is 0.0518. The summed E-state index contributed by atoms with van der Waals surface area (Å²) in [5.41, 5.74) is 0.381. The maximum Gasteiger partial charge on any atom is 0.315 e. The number of hydrogen-bond acceptors (Lipinski definition) is 3. The zero-order chi connectivity index (χ0) is 16.8. The van der Waals surface area contributed by atoms with Gasteiger partial charge < -0.3 is 15.7 Å². The Balaban J connectivity index is 1.82. The van der Waals surface area contributed by atoms with Crippen LogP contribution in [-0.2, 0) is 6.54 Å². The average Bonchev–Trinajstić information content (AvgIpc) is 2.54. The quantitative estimate of drug-likeness (QED) is 0.782. The lowest BCUT2D eigenvalue weighted by molar-refractivity contribution is 0.172. The van der Waals surface area contributed by atoms with Gasteiger partial charge in [0.2, 0.25) is 0 Å². The number of benzene rings is 1. The predicted octanol–water partition coefficient (Wildman–Crippen LogP) is 2.55. The first-order chi connectivity index (χ1) is 11.0. The molecule has 5 nitrogen and oxygen atoms in total. The second kappa shape index (κ2) is 7.85. The third-order valence-corrected chi connectivity index (χ3v) is 3.34. The molecule has 1 atom stereocenters. The summed E-state index contributed by atoms with van der Waals surface area (Å²) in [6, 6.07) is 5.94. The van der Waals surface area contributed by atoms with Gasteiger partial charge in [-0.2, -0.15) is 0 Å². The summed E-state index contributed by atoms with van der Waals surface area (Å²) < 4.78 is 26.6. The van der Waals surface area contributed by atoms with Crippen LogP contribution in [0.4, 0.5) is 13.6 Å². The number of amides is 2. The summed E-state index contributed by atoms with van der Waals surface area (Å²) in [5.74, 6) is -1.18. The summed E-state index contributed by atoms with van der Waals surface area (Å²) in [6.07, 6.45) is 0.315. The maximum atomic E-state index is 13.3. The molecule has 2 amide bonds. The van der Waals surface area contributed by atoms with Gasteiger partial charge in [0, 0.05) is 12.7 Å². The third-order valence-electron chi connectivity index (χ3n) is 3.04. The number of carbonyl (C=O) groups excluding carboxylic acids is 1. The molecule has 0 fully saturated rings. The van der Waals surface area contributed by atoms with Crippen molar-refractivity contribution in [2.45, 2.75) is 12.6 Å². The van der Waals surface area contributed by atoms with E-state index >= 15 is 0 Å². The first kappa shape index (κ1) is 17.1. The summed E-state index contributed by atoms with van der Waals surface area (Å²) in [5, 5.41) is 14.6. The van der Waals surface area contributed by atoms with E-state index in [1.54, 1.807) is 0 Å². The fraction of sp³-hybridized carbons (Fsp3) is 0.200. The van der Waals surface area contributed by atoms with Crippen molar-refractivity contribution in [3.8, 4) is 0 Å². The lowest BCUT2D eigenvalue weighted by Gasteiger charge is -2.13. The number of halogens is 3. The minimum Gasteiger partial charge on any atom is -0.387 e. The molecule has 1 heterocycles. The van der Waals surface area contributed by atoms with Crippen LogP contribution in [0.5, 0.6) is 0 Å². The summed E-state index contributed by atoms with van der Waals surface area (Å²) >= 11 is 5.55. The van der Waals surface area contributed by atoms with Gasteiger partial charge in [0.1, 0.15) is 11.6 Å². The largest absolute Gasteiger partial charge is 0.387 e. The number of rotatable bonds is 5. The summed E-state index contributed by atoms with van der Waals surface area (Å²) in [7, 11) is 0. The molecule has 0 aliphatic rings. The zero-order valence-corrected chi connectivity index (χ0v) is 12.6. The van der Waals surface area contributed by atoms with Gasteiger partial charge >= 0.3 is 6.03 Å². The van der Waals surface area contributed by atoms with E-state index in [-0.39, 0.29) is 29.4 Å². The number of aromatic nitrogens is 1. The second-order valence-electron chi connectivity index (χ2n) is 4.68. The molecule has 0 saturated carbocycles. The van der Waals surface area contributed by atoms with E-state index in [0.717, 1.165) is 6.07 Å². The van der Waals surface area contributed by atoms with Crippen molar-refractivity contribution in [3.05, 3.63) is 64.4 Å². The highest BCUT2D eigenvalue weighted by atomic mass is 35.5. The van der Waals surface area contributed by atoms with Crippen molar-refractivity contribution in [3.63, 3.8) is 0 Å². The molecule has 0 radical (unpaired) electrons. The number of aliphatic hydroxyl groups is 1. The Hall–Kier alpha value is -2.25. The average molecular weight is 342 g/mol. The normalized spacial score (nSPS) is 11.8. The van der Waals surface area contributed by atoms with Crippen LogP contribution >= 0.6 is 11.6 Å². The molecule has 0 spiro atoms. The number of pyridine rings is 1. The van der Waals surface area contributed by atoms with E-state index < -0.39 is 23.8 Å². The Morgan fingerprint density at radius 2 is 2.04 bits per heavy atom. The van der Waals surface area contributed by atoms with Crippen molar-refractivity contribution >= 4 is 17.6 Å². The van der Waals surface area contributed by atoms with E-state index in [0.29, 0.717) is 0 Å². The Morgan fingerprint density at radius 3 is 2.74 bits per heavy atom. The lowest BCUT2D eigenvalue weighted by atomic mass is 10.1. The molecule has 1 aromatic carbocycles. The van der Waals surface area contributed by atoms with Gasteiger partial charge in [-0.25, -0.2) is 13.6 Å². The first-order valence-corrected chi connectivity index (χ1v) is 7.09. The number of aliphatic hydroxyl groups excluding tert-OH is 1. The Kier molecular flexibility index (Phi) is 5.84. The van der Waals surface area contributed by atoms with Crippen molar-refractivity contribution in [1.29, 1.82) is 0 Å². The number of carbonyl (C=O) groups is 1. The highest BCUT2D eigenvalue weighted by Gasteiger charge is 2.12. The summed E-state index contributed by atoms with van der Waals surface area (Å²) in [4.78, 5) is 15.4. The molecule has 0 unspecified atom stereocenters. The fourth-order valence-corrected chi connectivity index (χ4v) is 1.92. The van der Waals surface area contributed by atoms with Gasteiger partial charge in [0.15, 0.2) is 0 Å². The van der Waals surface area contributed by atoms with Crippen LogP contribution in [0.3, 0.4) is 0 Å². The molecule has 0 bridgehead atoms. The van der Waals surface area contributed by atoms with E-state index in [2.05, 4.69) is 15.6 Å². The van der Waals surface area contributed by atoms with Crippen LogP contribution in [0.1, 0.15) is 17.4 Å². The third kappa shape index (κ3) is 4.87. The molecule has 3 N–H and O–H groups in total. The lowest BCUT2D eigenvalue weighted by Crippen LogP contribution is -2.37. The van der Waals surface area contributed by atoms with Crippen LogP contribution in [0.25, 0.3) is 0 Å². The van der Waals surface area contributed by atoms with E-state index in [1.807, 2.05) is 0 Å². The van der Waals surface area contributed by atoms with Crippen LogP contribution in [-0.4, -0.2) is 22.7 Å². The van der Waals surface area contributed by atoms with Gasteiger partial charge in [0.25, 0.3) is 0 Å². The molecule has 8 heteroatoms. The van der Waals surface area contributed by atoms with Crippen molar-refractivity contribution in [2.24, 2.45) is 0 Å². The Labute approximate surface area is 136 Å². The molecule has 1 aromatic heterocycles. The highest BCUT2D eigenvalue weighted by Crippen LogP contribution is 2.19. The van der Waals surface area contributed by atoms with E-state index in [4.69, 9.17) is 11.6 Å². The fourth-order valence-electron chi connectivity index (χ4n) is 1.80. The molecule has 0 saturated heterocycles. The Morgan fingerprint density at radius 1 is 1.26 bits per heavy atom. The van der Waals surface area contributed by atoms with Crippen molar-refractivity contribution < 1.29 is 18.7 Å². The topological polar surface area (TPSA) is 74.2 Å². The molecular weight excluding hydrogens is 328 g/mol. The smallest absolute Gasteiger partial charge is 0.315 e. The number of nitrogens with one attached hydrogen (secondary N) is 2. The zero-order valence-electron chi connectivity index (χ0n) is 11.9. The van der Waals surface area contributed by atoms with Gasteiger partial charge in [-0.1, -0.05) is 17.7 Å². The maximum absolute atomic E-state index is 13.3. The highest BCUT2D eigenvalue weighted by molar-refractivity contribution is 6.30. The molecule has 0 aliphatic carbocycles. The van der Waals surface area contributed by atoms with Crippen LogP contribution < -0.4 is 10.6 Å². The molecular formula is C15H14ClF2N3O2. The van der Waals surface area contributed by atoms with Crippen LogP contribution in [0.15, 0.2) is 36.5 Å². The predicted molar refractivity (Wildman–Crippen MR) is 80.8 cm³/mol. The standard InChI is InChI=1S/C15H14ClF2N3O2/c16-10-4-3-9(6-12(10)18)14(22)8-21-15(23)20-7-13-11(17)2-1-5-19-13/h1-6,14,22H,7-8H2,(H2,20,21,23)/t14-/m0/s1. The molecule has 23 heavy (non-hydrogen) atoms. The van der Waals surface area contributed by atoms with Gasteiger partial charge in [0.05, 0.1) is 23.4 Å². The van der Waals surface area contributed by atoms with Gasteiger partial charge in [-0.15, -0.1) is 0 Å². The van der Waals surface area contributed by atoms with Crippen molar-refractivity contribution in [1.82, 2.24) is 15.6 Å². The summed E-state index contributed by atoms with van der Waals surface area (Å²) in [6.45, 7) is -0.234. The molecule has 0 aliphatic heterocycles. The van der Waals surface area contributed by atoms with Gasteiger partial charge in [-0.3, -0.25) is 4.98 Å². The molecule has 122 valence electrons. The molecule has 2 aromatic rings. The number of hydrogen-bond donors (Lipinski definition) is 3. The SMILES string of the molecule is O=C(NCc1ncccc1F)NC[C@H](O)c1ccc(Cl)c(F)c1. The molecule has 2 rings (SSSR count). The van der Waals surface area contributed by atoms with Crippen molar-refractivity contribution in [2.75, 3.05) is 6.54 Å². The number of nitrogens with zero attached hydrogens (tertiary/aromatic N) is 1. The van der Waals surface area contributed by atoms with Gasteiger partial charge in [-0.05, 0) is 29.8 Å². The van der Waals surface area contributed by atoms with E-state index in [9.17, 15) is 18.7 Å². The first-order valence-electron chi connectivity index (χ1n) is 6.71. The monoisotopic (exact) mass is 341 g/mol. The minimum atomic E-state index is -1.10. The van der Waals surface area contributed by atoms with Crippen LogP contribution in [0.2, 0.25) is 5.02 Å². The second-order valence-corrected chi connectivity index (χ2v) is 5.09. The van der Waals surface area contributed by atoms with Crippen LogP contribution in [0, 0.1) is 11.6 Å². The number of urea groups is 1. The van der Waals surface area contributed by atoms with E-state index in [1.165, 1.54) is 30.5 Å². The Bertz CT molecular complexity index is 700.